The number of nitrogens with one attached hydrogen (secondary N) is 1. The summed E-state index contributed by atoms with van der Waals surface area (Å²) < 4.78 is 3.77. The van der Waals surface area contributed by atoms with Crippen LogP contribution in [0.3, 0.4) is 0 Å². The Morgan fingerprint density at radius 3 is 2.54 bits per heavy atom. The van der Waals surface area contributed by atoms with Gasteiger partial charge in [-0.1, -0.05) is 12.1 Å². The Labute approximate surface area is 154 Å². The Balaban J connectivity index is 2.06. The number of amides is 1. The smallest absolute Gasteiger partial charge is 0.257 e. The lowest BCUT2D eigenvalue weighted by Crippen LogP contribution is -2.32. The minimum atomic E-state index is -0.105. The van der Waals surface area contributed by atoms with E-state index in [1.807, 2.05) is 84.8 Å². The van der Waals surface area contributed by atoms with Gasteiger partial charge in [0, 0.05) is 25.5 Å². The van der Waals surface area contributed by atoms with Gasteiger partial charge in [0.1, 0.15) is 5.56 Å². The first-order chi connectivity index (χ1) is 12.5. The van der Waals surface area contributed by atoms with Crippen LogP contribution in [0.5, 0.6) is 0 Å². The quantitative estimate of drug-likeness (QED) is 0.743. The predicted molar refractivity (Wildman–Crippen MR) is 103 cm³/mol. The number of likely N-dealkylation sites (N-methyl/N-ethyl adjacent to an activating group) is 1. The second-order valence-corrected chi connectivity index (χ2v) is 6.68. The zero-order valence-electron chi connectivity index (χ0n) is 15.7. The fourth-order valence-electron chi connectivity index (χ4n) is 2.92. The van der Waals surface area contributed by atoms with Crippen molar-refractivity contribution in [1.82, 2.24) is 24.6 Å². The number of hydrogen-bond acceptors (Lipinski definition) is 3. The second kappa shape index (κ2) is 7.58. The van der Waals surface area contributed by atoms with Crippen molar-refractivity contribution in [2.45, 2.75) is 13.8 Å². The van der Waals surface area contributed by atoms with E-state index >= 15 is 0 Å². The fourth-order valence-corrected chi connectivity index (χ4v) is 2.92. The van der Waals surface area contributed by atoms with Crippen molar-refractivity contribution in [1.29, 1.82) is 0 Å². The van der Waals surface area contributed by atoms with Gasteiger partial charge in [-0.25, -0.2) is 4.68 Å². The van der Waals surface area contributed by atoms with Gasteiger partial charge in [0.05, 0.1) is 11.4 Å². The van der Waals surface area contributed by atoms with Gasteiger partial charge in [-0.2, -0.15) is 5.10 Å². The molecule has 1 amide bonds. The summed E-state index contributed by atoms with van der Waals surface area (Å²) in [4.78, 5) is 14.9. The van der Waals surface area contributed by atoms with Crippen LogP contribution in [0.1, 0.15) is 21.6 Å². The molecule has 6 heteroatoms. The Bertz CT molecular complexity index is 893. The first-order valence-corrected chi connectivity index (χ1v) is 8.70. The summed E-state index contributed by atoms with van der Waals surface area (Å²) in [6, 6.07) is 12.0. The SMILES string of the molecule is Cc1cccc(-n2nc(C)c(C(=O)NCCN(C)C)c2-n2cccc2)c1. The maximum atomic E-state index is 12.9. The van der Waals surface area contributed by atoms with Crippen molar-refractivity contribution in [3.63, 3.8) is 0 Å². The van der Waals surface area contributed by atoms with E-state index in [9.17, 15) is 4.79 Å². The average molecular weight is 351 g/mol. The lowest BCUT2D eigenvalue weighted by Gasteiger charge is -2.13. The first kappa shape index (κ1) is 17.9. The Morgan fingerprint density at radius 2 is 1.88 bits per heavy atom. The van der Waals surface area contributed by atoms with Crippen molar-refractivity contribution in [3.05, 3.63) is 65.6 Å². The molecule has 0 unspecified atom stereocenters. The summed E-state index contributed by atoms with van der Waals surface area (Å²) in [6.07, 6.45) is 3.86. The molecule has 2 aromatic heterocycles. The number of aryl methyl sites for hydroxylation is 2. The number of aromatic nitrogens is 3. The number of benzene rings is 1. The topological polar surface area (TPSA) is 55.1 Å². The summed E-state index contributed by atoms with van der Waals surface area (Å²) in [6.45, 7) is 5.30. The summed E-state index contributed by atoms with van der Waals surface area (Å²) in [5.74, 6) is 0.646. The molecule has 0 spiro atoms. The van der Waals surface area contributed by atoms with Crippen molar-refractivity contribution in [2.75, 3.05) is 27.2 Å². The highest BCUT2D eigenvalue weighted by molar-refractivity contribution is 5.98. The zero-order valence-corrected chi connectivity index (χ0v) is 15.7. The van der Waals surface area contributed by atoms with Crippen molar-refractivity contribution in [2.24, 2.45) is 0 Å². The van der Waals surface area contributed by atoms with Gasteiger partial charge in [0.2, 0.25) is 0 Å². The Kier molecular flexibility index (Phi) is 5.23. The fraction of sp³-hybridized carbons (Fsp3) is 0.300. The van der Waals surface area contributed by atoms with Crippen LogP contribution < -0.4 is 5.32 Å². The van der Waals surface area contributed by atoms with Gasteiger partial charge in [-0.3, -0.25) is 4.79 Å². The van der Waals surface area contributed by atoms with Gasteiger partial charge >= 0.3 is 0 Å². The van der Waals surface area contributed by atoms with Crippen molar-refractivity contribution >= 4 is 5.91 Å². The Morgan fingerprint density at radius 1 is 1.15 bits per heavy atom. The minimum absolute atomic E-state index is 0.105. The molecule has 0 aliphatic carbocycles. The van der Waals surface area contributed by atoms with Gasteiger partial charge in [0.15, 0.2) is 5.82 Å². The predicted octanol–water partition coefficient (Wildman–Crippen LogP) is 2.57. The van der Waals surface area contributed by atoms with Crippen LogP contribution in [0.25, 0.3) is 11.5 Å². The molecule has 0 fully saturated rings. The molecule has 2 heterocycles. The van der Waals surface area contributed by atoms with Crippen LogP contribution in [0.2, 0.25) is 0 Å². The van der Waals surface area contributed by atoms with E-state index in [1.54, 1.807) is 0 Å². The lowest BCUT2D eigenvalue weighted by atomic mass is 10.2. The highest BCUT2D eigenvalue weighted by Crippen LogP contribution is 2.23. The first-order valence-electron chi connectivity index (χ1n) is 8.70. The monoisotopic (exact) mass is 351 g/mol. The van der Waals surface area contributed by atoms with Crippen LogP contribution >= 0.6 is 0 Å². The van der Waals surface area contributed by atoms with Crippen LogP contribution in [-0.2, 0) is 0 Å². The molecule has 0 saturated carbocycles. The van der Waals surface area contributed by atoms with E-state index < -0.39 is 0 Å². The molecular weight excluding hydrogens is 326 g/mol. The average Bonchev–Trinajstić information content (AvgIpc) is 3.21. The summed E-state index contributed by atoms with van der Waals surface area (Å²) in [5, 5.41) is 7.67. The molecule has 0 saturated heterocycles. The van der Waals surface area contributed by atoms with Gasteiger partial charge in [-0.05, 0) is 57.8 Å². The van der Waals surface area contributed by atoms with Crippen LogP contribution in [0.4, 0.5) is 0 Å². The highest BCUT2D eigenvalue weighted by atomic mass is 16.1. The maximum Gasteiger partial charge on any atom is 0.257 e. The molecule has 0 atom stereocenters. The number of nitrogens with zero attached hydrogens (tertiary/aromatic N) is 4. The summed E-state index contributed by atoms with van der Waals surface area (Å²) in [5.41, 5.74) is 3.38. The molecule has 136 valence electrons. The summed E-state index contributed by atoms with van der Waals surface area (Å²) in [7, 11) is 3.97. The van der Waals surface area contributed by atoms with E-state index in [4.69, 9.17) is 0 Å². The normalized spacial score (nSPS) is 11.1. The molecule has 0 aliphatic heterocycles. The minimum Gasteiger partial charge on any atom is -0.351 e. The maximum absolute atomic E-state index is 12.9. The third-order valence-electron chi connectivity index (χ3n) is 4.20. The molecule has 0 bridgehead atoms. The van der Waals surface area contributed by atoms with E-state index in [-0.39, 0.29) is 5.91 Å². The molecule has 1 N–H and O–H groups in total. The van der Waals surface area contributed by atoms with Crippen LogP contribution in [-0.4, -0.2) is 52.3 Å². The summed E-state index contributed by atoms with van der Waals surface area (Å²) >= 11 is 0. The molecule has 3 aromatic rings. The standard InChI is InChI=1S/C20H25N5O/c1-15-8-7-9-17(14-15)25-20(24-11-5-6-12-24)18(16(2)22-25)19(26)21-10-13-23(3)4/h5-9,11-12,14H,10,13H2,1-4H3,(H,21,26). The van der Waals surface area contributed by atoms with Gasteiger partial charge < -0.3 is 14.8 Å². The third-order valence-corrected chi connectivity index (χ3v) is 4.20. The largest absolute Gasteiger partial charge is 0.351 e. The van der Waals surface area contributed by atoms with Crippen molar-refractivity contribution < 1.29 is 4.79 Å². The molecule has 3 rings (SSSR count). The molecule has 6 nitrogen and oxygen atoms in total. The number of carbonyl (C=O) groups is 1. The van der Waals surface area contributed by atoms with Crippen LogP contribution in [0.15, 0.2) is 48.8 Å². The lowest BCUT2D eigenvalue weighted by molar-refractivity contribution is 0.0950. The van der Waals surface area contributed by atoms with E-state index in [0.29, 0.717) is 17.8 Å². The second-order valence-electron chi connectivity index (χ2n) is 6.68. The van der Waals surface area contributed by atoms with Gasteiger partial charge in [-0.15, -0.1) is 0 Å². The van der Waals surface area contributed by atoms with Crippen molar-refractivity contribution in [3.8, 4) is 11.5 Å². The van der Waals surface area contributed by atoms with Gasteiger partial charge in [0.25, 0.3) is 5.91 Å². The number of carbonyl (C=O) groups excluding carboxylic acids is 1. The van der Waals surface area contributed by atoms with E-state index in [1.165, 1.54) is 0 Å². The molecular formula is C20H25N5O. The van der Waals surface area contributed by atoms with Crippen LogP contribution in [0, 0.1) is 13.8 Å². The Hall–Kier alpha value is -2.86. The molecule has 0 aliphatic rings. The van der Waals surface area contributed by atoms with E-state index in [2.05, 4.69) is 16.5 Å². The van der Waals surface area contributed by atoms with E-state index in [0.717, 1.165) is 23.6 Å². The number of hydrogen-bond donors (Lipinski definition) is 1. The molecule has 1 aromatic carbocycles. The highest BCUT2D eigenvalue weighted by Gasteiger charge is 2.23. The third kappa shape index (κ3) is 3.70. The molecule has 26 heavy (non-hydrogen) atoms. The number of rotatable bonds is 6. The molecule has 0 radical (unpaired) electrons. The zero-order chi connectivity index (χ0) is 18.7.